The minimum atomic E-state index is -0.460. The summed E-state index contributed by atoms with van der Waals surface area (Å²) in [6.07, 6.45) is 4.74. The Morgan fingerprint density at radius 3 is 2.75 bits per heavy atom. The topological polar surface area (TPSA) is 74.2 Å². The molecule has 0 bridgehead atoms. The van der Waals surface area contributed by atoms with Gasteiger partial charge in [0.05, 0.1) is 13.4 Å². The van der Waals surface area contributed by atoms with Crippen molar-refractivity contribution < 1.29 is 9.15 Å². The molecule has 0 spiro atoms. The van der Waals surface area contributed by atoms with E-state index in [0.717, 1.165) is 5.56 Å². The van der Waals surface area contributed by atoms with Crippen LogP contribution < -0.4 is 10.5 Å². The van der Waals surface area contributed by atoms with E-state index in [1.807, 2.05) is 13.0 Å². The van der Waals surface area contributed by atoms with Crippen molar-refractivity contribution in [2.75, 3.05) is 7.11 Å². The molecule has 16 heavy (non-hydrogen) atoms. The number of hydrogen-bond donors (Lipinski definition) is 1. The normalized spacial score (nSPS) is 12.4. The van der Waals surface area contributed by atoms with Crippen molar-refractivity contribution in [2.45, 2.75) is 13.0 Å². The van der Waals surface area contributed by atoms with Crippen molar-refractivity contribution in [3.8, 4) is 5.88 Å². The van der Waals surface area contributed by atoms with Crippen LogP contribution in [0.4, 0.5) is 0 Å². The summed E-state index contributed by atoms with van der Waals surface area (Å²) in [6, 6.07) is 1.40. The largest absolute Gasteiger partial charge is 0.480 e. The first-order chi connectivity index (χ1) is 7.74. The first-order valence-corrected chi connectivity index (χ1v) is 4.88. The zero-order chi connectivity index (χ0) is 11.5. The lowest BCUT2D eigenvalue weighted by atomic mass is 10.1. The van der Waals surface area contributed by atoms with Crippen LogP contribution in [0.2, 0.25) is 0 Å². The molecule has 2 N–H and O–H groups in total. The van der Waals surface area contributed by atoms with Gasteiger partial charge in [0.15, 0.2) is 0 Å². The summed E-state index contributed by atoms with van der Waals surface area (Å²) in [4.78, 5) is 8.23. The SMILES string of the molecule is COc1nccnc1C(N)c1occc1C. The van der Waals surface area contributed by atoms with E-state index in [0.29, 0.717) is 17.3 Å². The number of methoxy groups -OCH3 is 1. The fourth-order valence-corrected chi connectivity index (χ4v) is 1.53. The number of hydrogen-bond acceptors (Lipinski definition) is 5. The van der Waals surface area contributed by atoms with Crippen LogP contribution in [0.1, 0.15) is 23.1 Å². The molecule has 0 aliphatic heterocycles. The fourth-order valence-electron chi connectivity index (χ4n) is 1.53. The Kier molecular flexibility index (Phi) is 2.87. The summed E-state index contributed by atoms with van der Waals surface area (Å²) in [5.41, 5.74) is 7.62. The summed E-state index contributed by atoms with van der Waals surface area (Å²) >= 11 is 0. The van der Waals surface area contributed by atoms with Crippen molar-refractivity contribution in [2.24, 2.45) is 5.73 Å². The van der Waals surface area contributed by atoms with Gasteiger partial charge < -0.3 is 14.9 Å². The van der Waals surface area contributed by atoms with Crippen LogP contribution in [0, 0.1) is 6.92 Å². The Morgan fingerprint density at radius 2 is 2.12 bits per heavy atom. The minimum Gasteiger partial charge on any atom is -0.480 e. The highest BCUT2D eigenvalue weighted by Gasteiger charge is 2.20. The van der Waals surface area contributed by atoms with Crippen LogP contribution in [-0.2, 0) is 0 Å². The van der Waals surface area contributed by atoms with Gasteiger partial charge in [0.25, 0.3) is 0 Å². The van der Waals surface area contributed by atoms with Crippen LogP contribution in [0.3, 0.4) is 0 Å². The maximum absolute atomic E-state index is 6.06. The van der Waals surface area contributed by atoms with E-state index in [2.05, 4.69) is 9.97 Å². The van der Waals surface area contributed by atoms with Crippen molar-refractivity contribution in [1.29, 1.82) is 0 Å². The number of rotatable bonds is 3. The lowest BCUT2D eigenvalue weighted by Gasteiger charge is -2.11. The minimum absolute atomic E-state index is 0.422. The number of aromatic nitrogens is 2. The summed E-state index contributed by atoms with van der Waals surface area (Å²) in [6.45, 7) is 1.93. The summed E-state index contributed by atoms with van der Waals surface area (Å²) < 4.78 is 10.4. The van der Waals surface area contributed by atoms with Crippen molar-refractivity contribution in [1.82, 2.24) is 9.97 Å². The van der Waals surface area contributed by atoms with E-state index >= 15 is 0 Å². The number of furan rings is 1. The molecule has 0 saturated heterocycles. The molecule has 1 unspecified atom stereocenters. The zero-order valence-corrected chi connectivity index (χ0v) is 9.18. The number of nitrogens with zero attached hydrogens (tertiary/aromatic N) is 2. The van der Waals surface area contributed by atoms with Gasteiger partial charge in [-0.2, -0.15) is 0 Å². The van der Waals surface area contributed by atoms with E-state index < -0.39 is 6.04 Å². The van der Waals surface area contributed by atoms with Crippen molar-refractivity contribution >= 4 is 0 Å². The van der Waals surface area contributed by atoms with Gasteiger partial charge in [0, 0.05) is 12.4 Å². The van der Waals surface area contributed by atoms with E-state index in [-0.39, 0.29) is 0 Å². The molecule has 0 saturated carbocycles. The predicted molar refractivity (Wildman–Crippen MR) is 58.1 cm³/mol. The molecule has 84 valence electrons. The highest BCUT2D eigenvalue weighted by molar-refractivity contribution is 5.31. The first-order valence-electron chi connectivity index (χ1n) is 4.88. The van der Waals surface area contributed by atoms with Gasteiger partial charge >= 0.3 is 0 Å². The summed E-state index contributed by atoms with van der Waals surface area (Å²) in [5, 5.41) is 0. The summed E-state index contributed by atoms with van der Waals surface area (Å²) in [5.74, 6) is 1.10. The fraction of sp³-hybridized carbons (Fsp3) is 0.273. The molecule has 5 nitrogen and oxygen atoms in total. The van der Waals surface area contributed by atoms with Gasteiger partial charge in [-0.05, 0) is 18.6 Å². The standard InChI is InChI=1S/C11H13N3O2/c1-7-3-6-16-10(7)8(12)9-11(15-2)14-5-4-13-9/h3-6,8H,12H2,1-2H3. The Labute approximate surface area is 93.3 Å². The van der Waals surface area contributed by atoms with Crippen LogP contribution in [0.15, 0.2) is 29.1 Å². The average molecular weight is 219 g/mol. The van der Waals surface area contributed by atoms with Gasteiger partial charge in [-0.15, -0.1) is 0 Å². The zero-order valence-electron chi connectivity index (χ0n) is 9.18. The van der Waals surface area contributed by atoms with E-state index in [9.17, 15) is 0 Å². The third-order valence-electron chi connectivity index (χ3n) is 2.36. The molecule has 2 rings (SSSR count). The lowest BCUT2D eigenvalue weighted by molar-refractivity contribution is 0.382. The van der Waals surface area contributed by atoms with Gasteiger partial charge in [-0.3, -0.25) is 4.98 Å². The first kappa shape index (κ1) is 10.6. The van der Waals surface area contributed by atoms with E-state index in [4.69, 9.17) is 14.9 Å². The Balaban J connectivity index is 2.41. The molecule has 0 aliphatic carbocycles. The smallest absolute Gasteiger partial charge is 0.237 e. The molecule has 2 heterocycles. The molecule has 0 aromatic carbocycles. The maximum Gasteiger partial charge on any atom is 0.237 e. The molecular formula is C11H13N3O2. The Bertz CT molecular complexity index is 482. The predicted octanol–water partition coefficient (Wildman–Crippen LogP) is 1.43. The third kappa shape index (κ3) is 1.77. The molecule has 0 radical (unpaired) electrons. The lowest BCUT2D eigenvalue weighted by Crippen LogP contribution is -2.15. The molecule has 2 aromatic heterocycles. The third-order valence-corrected chi connectivity index (χ3v) is 2.36. The van der Waals surface area contributed by atoms with Gasteiger partial charge in [0.2, 0.25) is 5.88 Å². The van der Waals surface area contributed by atoms with E-state index in [1.165, 1.54) is 7.11 Å². The molecule has 5 heteroatoms. The quantitative estimate of drug-likeness (QED) is 0.845. The number of ether oxygens (including phenoxy) is 1. The molecule has 2 aromatic rings. The van der Waals surface area contributed by atoms with Crippen LogP contribution in [0.25, 0.3) is 0 Å². The molecule has 1 atom stereocenters. The van der Waals surface area contributed by atoms with E-state index in [1.54, 1.807) is 18.7 Å². The van der Waals surface area contributed by atoms with Gasteiger partial charge in [-0.1, -0.05) is 0 Å². The second-order valence-electron chi connectivity index (χ2n) is 3.40. The highest BCUT2D eigenvalue weighted by Crippen LogP contribution is 2.26. The molecule has 0 fully saturated rings. The second kappa shape index (κ2) is 4.32. The highest BCUT2D eigenvalue weighted by atomic mass is 16.5. The number of aryl methyl sites for hydroxylation is 1. The average Bonchev–Trinajstić information content (AvgIpc) is 2.74. The van der Waals surface area contributed by atoms with Crippen LogP contribution >= 0.6 is 0 Å². The Hall–Kier alpha value is -1.88. The number of nitrogens with two attached hydrogens (primary N) is 1. The van der Waals surface area contributed by atoms with Gasteiger partial charge in [-0.25, -0.2) is 4.98 Å². The second-order valence-corrected chi connectivity index (χ2v) is 3.40. The monoisotopic (exact) mass is 219 g/mol. The van der Waals surface area contributed by atoms with Crippen molar-refractivity contribution in [3.63, 3.8) is 0 Å². The van der Waals surface area contributed by atoms with Crippen molar-refractivity contribution in [3.05, 3.63) is 41.7 Å². The Morgan fingerprint density at radius 1 is 1.38 bits per heavy atom. The molecule has 0 amide bonds. The van der Waals surface area contributed by atoms with Crippen LogP contribution in [-0.4, -0.2) is 17.1 Å². The van der Waals surface area contributed by atoms with Gasteiger partial charge in [0.1, 0.15) is 17.5 Å². The van der Waals surface area contributed by atoms with Crippen LogP contribution in [0.5, 0.6) is 5.88 Å². The molecular weight excluding hydrogens is 206 g/mol. The molecule has 0 aliphatic rings. The maximum atomic E-state index is 6.06. The summed E-state index contributed by atoms with van der Waals surface area (Å²) in [7, 11) is 1.54.